The fraction of sp³-hybridized carbons (Fsp3) is 0.556. The van der Waals surface area contributed by atoms with Gasteiger partial charge < -0.3 is 9.64 Å². The number of hydrogen-bond donors (Lipinski definition) is 1. The van der Waals surface area contributed by atoms with Gasteiger partial charge in [-0.2, -0.15) is 5.10 Å². The Kier molecular flexibility index (Phi) is 4.25. The summed E-state index contributed by atoms with van der Waals surface area (Å²) in [5, 5.41) is 7.36. The van der Waals surface area contributed by atoms with E-state index >= 15 is 0 Å². The number of H-pyrrole nitrogens is 1. The zero-order valence-corrected chi connectivity index (χ0v) is 14.7. The van der Waals surface area contributed by atoms with Crippen molar-refractivity contribution in [1.82, 2.24) is 25.1 Å². The summed E-state index contributed by atoms with van der Waals surface area (Å²) in [4.78, 5) is 23.8. The maximum atomic E-state index is 13.0. The van der Waals surface area contributed by atoms with Gasteiger partial charge >= 0.3 is 0 Å². The SMILES string of the molecule is Cc1cc(C)nc([C@H]2CN(C(=O)c3n[nH]c4c3CCCC4)CCO2)n1. The van der Waals surface area contributed by atoms with Gasteiger partial charge in [-0.05, 0) is 45.6 Å². The van der Waals surface area contributed by atoms with Crippen LogP contribution < -0.4 is 0 Å². The van der Waals surface area contributed by atoms with Gasteiger partial charge in [0.1, 0.15) is 6.10 Å². The van der Waals surface area contributed by atoms with Crippen LogP contribution in [0, 0.1) is 13.8 Å². The monoisotopic (exact) mass is 341 g/mol. The molecule has 4 rings (SSSR count). The third-order valence-corrected chi connectivity index (χ3v) is 4.90. The lowest BCUT2D eigenvalue weighted by atomic mass is 9.95. The Labute approximate surface area is 146 Å². The van der Waals surface area contributed by atoms with Gasteiger partial charge in [0.05, 0.1) is 13.2 Å². The summed E-state index contributed by atoms with van der Waals surface area (Å²) in [5.41, 5.74) is 4.63. The number of aromatic nitrogens is 4. The molecular weight excluding hydrogens is 318 g/mol. The molecule has 2 aromatic heterocycles. The van der Waals surface area contributed by atoms with Crippen LogP contribution in [0.5, 0.6) is 0 Å². The minimum Gasteiger partial charge on any atom is -0.367 e. The molecule has 7 heteroatoms. The Morgan fingerprint density at radius 3 is 2.80 bits per heavy atom. The first-order valence-electron chi connectivity index (χ1n) is 8.91. The number of amides is 1. The first kappa shape index (κ1) is 16.2. The highest BCUT2D eigenvalue weighted by Crippen LogP contribution is 2.25. The van der Waals surface area contributed by atoms with Crippen molar-refractivity contribution in [2.75, 3.05) is 19.7 Å². The summed E-state index contributed by atoms with van der Waals surface area (Å²) >= 11 is 0. The summed E-state index contributed by atoms with van der Waals surface area (Å²) in [6.45, 7) is 5.41. The summed E-state index contributed by atoms with van der Waals surface area (Å²) < 4.78 is 5.84. The van der Waals surface area contributed by atoms with Crippen molar-refractivity contribution in [3.05, 3.63) is 40.2 Å². The first-order chi connectivity index (χ1) is 12.1. The number of nitrogens with one attached hydrogen (secondary N) is 1. The Bertz CT molecular complexity index is 781. The molecule has 7 nitrogen and oxygen atoms in total. The standard InChI is InChI=1S/C18H23N5O2/c1-11-9-12(2)20-17(19-11)15-10-23(7-8-25-15)18(24)16-13-5-3-4-6-14(13)21-22-16/h9,15H,3-8,10H2,1-2H3,(H,21,22)/t15-/m1/s1. The molecule has 25 heavy (non-hydrogen) atoms. The van der Waals surface area contributed by atoms with Crippen LogP contribution >= 0.6 is 0 Å². The van der Waals surface area contributed by atoms with Crippen LogP contribution in [0.25, 0.3) is 0 Å². The molecule has 2 aromatic rings. The number of carbonyl (C=O) groups excluding carboxylic acids is 1. The van der Waals surface area contributed by atoms with Gasteiger partial charge in [0, 0.05) is 29.2 Å². The van der Waals surface area contributed by atoms with Gasteiger partial charge in [0.25, 0.3) is 5.91 Å². The highest BCUT2D eigenvalue weighted by atomic mass is 16.5. The Morgan fingerprint density at radius 1 is 1.24 bits per heavy atom. The molecule has 1 saturated heterocycles. The Hall–Kier alpha value is -2.28. The van der Waals surface area contributed by atoms with Gasteiger partial charge in [-0.25, -0.2) is 9.97 Å². The summed E-state index contributed by atoms with van der Waals surface area (Å²) in [6.07, 6.45) is 3.91. The molecule has 1 atom stereocenters. The van der Waals surface area contributed by atoms with E-state index in [1.54, 1.807) is 0 Å². The lowest BCUT2D eigenvalue weighted by Gasteiger charge is -2.32. The molecule has 0 spiro atoms. The fourth-order valence-corrected chi connectivity index (χ4v) is 3.69. The van der Waals surface area contributed by atoms with E-state index in [2.05, 4.69) is 20.2 Å². The average Bonchev–Trinajstić information content (AvgIpc) is 3.04. The number of aromatic amines is 1. The molecule has 0 aromatic carbocycles. The van der Waals surface area contributed by atoms with Crippen LogP contribution in [0.1, 0.15) is 57.9 Å². The number of carbonyl (C=O) groups is 1. The highest BCUT2D eigenvalue weighted by Gasteiger charge is 2.31. The van der Waals surface area contributed by atoms with Gasteiger partial charge in [0.2, 0.25) is 0 Å². The van der Waals surface area contributed by atoms with E-state index in [-0.39, 0.29) is 12.0 Å². The summed E-state index contributed by atoms with van der Waals surface area (Å²) in [6, 6.07) is 1.94. The predicted molar refractivity (Wildman–Crippen MR) is 91.3 cm³/mol. The van der Waals surface area contributed by atoms with Crippen LogP contribution in [0.4, 0.5) is 0 Å². The van der Waals surface area contributed by atoms with E-state index in [1.807, 2.05) is 24.8 Å². The number of rotatable bonds is 2. The molecule has 0 saturated carbocycles. The molecule has 0 radical (unpaired) electrons. The molecule has 132 valence electrons. The summed E-state index contributed by atoms with van der Waals surface area (Å²) in [7, 11) is 0. The van der Waals surface area contributed by atoms with E-state index < -0.39 is 0 Å². The van der Waals surface area contributed by atoms with Crippen molar-refractivity contribution in [3.63, 3.8) is 0 Å². The van der Waals surface area contributed by atoms with Crippen molar-refractivity contribution >= 4 is 5.91 Å². The zero-order chi connectivity index (χ0) is 17.4. The molecule has 0 unspecified atom stereocenters. The van der Waals surface area contributed by atoms with Gasteiger partial charge in [0.15, 0.2) is 11.5 Å². The highest BCUT2D eigenvalue weighted by molar-refractivity contribution is 5.94. The smallest absolute Gasteiger partial charge is 0.274 e. The first-order valence-corrected chi connectivity index (χ1v) is 8.91. The topological polar surface area (TPSA) is 84.0 Å². The zero-order valence-electron chi connectivity index (χ0n) is 14.7. The van der Waals surface area contributed by atoms with Crippen molar-refractivity contribution in [2.45, 2.75) is 45.6 Å². The quantitative estimate of drug-likeness (QED) is 0.902. The average molecular weight is 341 g/mol. The van der Waals surface area contributed by atoms with Crippen LogP contribution in [0.3, 0.4) is 0 Å². The maximum Gasteiger partial charge on any atom is 0.274 e. The number of aryl methyl sites for hydroxylation is 3. The molecule has 1 aliphatic heterocycles. The molecule has 1 fully saturated rings. The molecule has 2 aliphatic rings. The number of fused-ring (bicyclic) bond motifs is 1. The number of nitrogens with zero attached hydrogens (tertiary/aromatic N) is 4. The van der Waals surface area contributed by atoms with Crippen molar-refractivity contribution in [3.8, 4) is 0 Å². The third kappa shape index (κ3) is 3.16. The van der Waals surface area contributed by atoms with Crippen LogP contribution in [-0.4, -0.2) is 50.7 Å². The van der Waals surface area contributed by atoms with E-state index in [9.17, 15) is 4.79 Å². The van der Waals surface area contributed by atoms with Gasteiger partial charge in [-0.15, -0.1) is 0 Å². The molecule has 1 N–H and O–H groups in total. The number of ether oxygens (including phenoxy) is 1. The maximum absolute atomic E-state index is 13.0. The second-order valence-corrected chi connectivity index (χ2v) is 6.86. The van der Waals surface area contributed by atoms with E-state index in [0.717, 1.165) is 48.3 Å². The third-order valence-electron chi connectivity index (χ3n) is 4.90. The van der Waals surface area contributed by atoms with Crippen LogP contribution in [0.15, 0.2) is 6.07 Å². The van der Waals surface area contributed by atoms with Crippen molar-refractivity contribution < 1.29 is 9.53 Å². The number of morpholine rings is 1. The largest absolute Gasteiger partial charge is 0.367 e. The Morgan fingerprint density at radius 2 is 2.00 bits per heavy atom. The second-order valence-electron chi connectivity index (χ2n) is 6.86. The second kappa shape index (κ2) is 6.55. The minimum atomic E-state index is -0.286. The molecular formula is C18H23N5O2. The van der Waals surface area contributed by atoms with Crippen LogP contribution in [0.2, 0.25) is 0 Å². The Balaban J connectivity index is 1.55. The molecule has 1 aliphatic carbocycles. The fourth-order valence-electron chi connectivity index (χ4n) is 3.69. The minimum absolute atomic E-state index is 0.0166. The lowest BCUT2D eigenvalue weighted by Crippen LogP contribution is -2.43. The molecule has 1 amide bonds. The molecule has 3 heterocycles. The van der Waals surface area contributed by atoms with Gasteiger partial charge in [-0.1, -0.05) is 0 Å². The van der Waals surface area contributed by atoms with E-state index in [0.29, 0.717) is 31.2 Å². The van der Waals surface area contributed by atoms with E-state index in [4.69, 9.17) is 4.74 Å². The van der Waals surface area contributed by atoms with E-state index in [1.165, 1.54) is 0 Å². The van der Waals surface area contributed by atoms with Crippen molar-refractivity contribution in [1.29, 1.82) is 0 Å². The lowest BCUT2D eigenvalue weighted by molar-refractivity contribution is -0.0271. The predicted octanol–water partition coefficient (Wildman–Crippen LogP) is 1.91. The van der Waals surface area contributed by atoms with Gasteiger partial charge in [-0.3, -0.25) is 9.89 Å². The van der Waals surface area contributed by atoms with Crippen molar-refractivity contribution in [2.24, 2.45) is 0 Å². The number of hydrogen-bond acceptors (Lipinski definition) is 5. The summed E-state index contributed by atoms with van der Waals surface area (Å²) in [5.74, 6) is 0.635. The normalized spacial score (nSPS) is 20.4. The molecule has 0 bridgehead atoms. The van der Waals surface area contributed by atoms with Crippen LogP contribution in [-0.2, 0) is 17.6 Å².